The van der Waals surface area contributed by atoms with Gasteiger partial charge in [0.05, 0.1) is 6.10 Å². The van der Waals surface area contributed by atoms with Gasteiger partial charge in [-0.25, -0.2) is 0 Å². The Bertz CT molecular complexity index is 431. The van der Waals surface area contributed by atoms with Crippen molar-refractivity contribution in [2.24, 2.45) is 17.8 Å². The third kappa shape index (κ3) is 4.98. The Morgan fingerprint density at radius 3 is 2.52 bits per heavy atom. The molecule has 0 saturated heterocycles. The first kappa shape index (κ1) is 16.8. The van der Waals surface area contributed by atoms with Crippen molar-refractivity contribution >= 4 is 11.6 Å². The van der Waals surface area contributed by atoms with Crippen molar-refractivity contribution in [2.45, 2.75) is 45.8 Å². The van der Waals surface area contributed by atoms with Crippen molar-refractivity contribution in [2.75, 3.05) is 13.6 Å². The first-order chi connectivity index (χ1) is 9.95. The minimum Gasteiger partial charge on any atom is -0.393 e. The largest absolute Gasteiger partial charge is 0.393 e. The second kappa shape index (κ2) is 7.62. The molecule has 1 aliphatic rings. The summed E-state index contributed by atoms with van der Waals surface area (Å²) in [4.78, 5) is 2.32. The molecule has 0 bridgehead atoms. The maximum absolute atomic E-state index is 10.3. The molecule has 1 N–H and O–H groups in total. The Kier molecular flexibility index (Phi) is 6.09. The van der Waals surface area contributed by atoms with E-state index in [1.165, 1.54) is 12.0 Å². The van der Waals surface area contributed by atoms with Gasteiger partial charge in [-0.2, -0.15) is 0 Å². The molecule has 2 rings (SSSR count). The van der Waals surface area contributed by atoms with Crippen LogP contribution in [-0.2, 0) is 6.54 Å². The van der Waals surface area contributed by atoms with Gasteiger partial charge in [0.15, 0.2) is 0 Å². The summed E-state index contributed by atoms with van der Waals surface area (Å²) in [5.74, 6) is 1.90. The van der Waals surface area contributed by atoms with Crippen LogP contribution in [-0.4, -0.2) is 29.7 Å². The molecule has 3 atom stereocenters. The highest BCUT2D eigenvalue weighted by atomic mass is 35.5. The summed E-state index contributed by atoms with van der Waals surface area (Å²) in [6.45, 7) is 6.48. The molecule has 0 heterocycles. The van der Waals surface area contributed by atoms with E-state index in [2.05, 4.69) is 37.9 Å². The summed E-state index contributed by atoms with van der Waals surface area (Å²) in [6.07, 6.45) is 3.16. The van der Waals surface area contributed by atoms with Crippen LogP contribution in [0.25, 0.3) is 0 Å². The van der Waals surface area contributed by atoms with E-state index >= 15 is 0 Å². The molecule has 1 fully saturated rings. The van der Waals surface area contributed by atoms with Crippen LogP contribution < -0.4 is 0 Å². The Morgan fingerprint density at radius 1 is 1.24 bits per heavy atom. The summed E-state index contributed by atoms with van der Waals surface area (Å²) in [6, 6.07) is 8.03. The second-order valence-corrected chi connectivity index (χ2v) is 7.40. The van der Waals surface area contributed by atoms with Gasteiger partial charge in [-0.3, -0.25) is 0 Å². The van der Waals surface area contributed by atoms with E-state index in [4.69, 9.17) is 11.6 Å². The maximum atomic E-state index is 10.3. The average molecular weight is 310 g/mol. The first-order valence-corrected chi connectivity index (χ1v) is 8.44. The fourth-order valence-corrected chi connectivity index (χ4v) is 3.58. The molecule has 0 aliphatic heterocycles. The molecule has 21 heavy (non-hydrogen) atoms. The molecule has 118 valence electrons. The first-order valence-electron chi connectivity index (χ1n) is 8.06. The SMILES string of the molecule is CC(C)C1CCC(O)C(CN(C)Cc2ccc(Cl)cc2)C1. The van der Waals surface area contributed by atoms with Gasteiger partial charge in [0.2, 0.25) is 0 Å². The quantitative estimate of drug-likeness (QED) is 0.881. The molecule has 3 unspecified atom stereocenters. The van der Waals surface area contributed by atoms with E-state index < -0.39 is 0 Å². The van der Waals surface area contributed by atoms with Crippen molar-refractivity contribution in [3.05, 3.63) is 34.9 Å². The van der Waals surface area contributed by atoms with Crippen molar-refractivity contribution in [3.8, 4) is 0 Å². The molecule has 0 spiro atoms. The highest BCUT2D eigenvalue weighted by Crippen LogP contribution is 2.34. The van der Waals surface area contributed by atoms with E-state index in [-0.39, 0.29) is 6.10 Å². The Labute approximate surface area is 134 Å². The highest BCUT2D eigenvalue weighted by molar-refractivity contribution is 6.30. The van der Waals surface area contributed by atoms with Gasteiger partial charge >= 0.3 is 0 Å². The van der Waals surface area contributed by atoms with E-state index in [0.717, 1.165) is 42.8 Å². The zero-order valence-electron chi connectivity index (χ0n) is 13.4. The predicted molar refractivity (Wildman–Crippen MR) is 89.5 cm³/mol. The fourth-order valence-electron chi connectivity index (χ4n) is 3.45. The van der Waals surface area contributed by atoms with Crippen molar-refractivity contribution in [1.82, 2.24) is 4.90 Å². The molecule has 1 aromatic rings. The standard InChI is InChI=1S/C18H28ClNO/c1-13(2)15-6-9-18(21)16(10-15)12-20(3)11-14-4-7-17(19)8-5-14/h4-5,7-8,13,15-16,18,21H,6,9-12H2,1-3H3. The van der Waals surface area contributed by atoms with Crippen LogP contribution in [0.4, 0.5) is 0 Å². The minimum atomic E-state index is -0.132. The predicted octanol–water partition coefficient (Wildman–Crippen LogP) is 4.21. The topological polar surface area (TPSA) is 23.5 Å². The summed E-state index contributed by atoms with van der Waals surface area (Å²) in [5, 5.41) is 11.1. The van der Waals surface area contributed by atoms with Gasteiger partial charge in [0, 0.05) is 18.1 Å². The molecule has 0 aromatic heterocycles. The van der Waals surface area contributed by atoms with Crippen LogP contribution in [0.5, 0.6) is 0 Å². The lowest BCUT2D eigenvalue weighted by Crippen LogP contribution is -2.38. The Balaban J connectivity index is 1.88. The number of benzene rings is 1. The van der Waals surface area contributed by atoms with Crippen LogP contribution in [0.2, 0.25) is 5.02 Å². The minimum absolute atomic E-state index is 0.132. The van der Waals surface area contributed by atoms with Gasteiger partial charge in [-0.1, -0.05) is 37.6 Å². The van der Waals surface area contributed by atoms with Gasteiger partial charge in [-0.05, 0) is 61.8 Å². The zero-order chi connectivity index (χ0) is 15.4. The molecular formula is C18H28ClNO. The van der Waals surface area contributed by atoms with Crippen LogP contribution in [0.3, 0.4) is 0 Å². The van der Waals surface area contributed by atoms with Gasteiger partial charge in [0.25, 0.3) is 0 Å². The van der Waals surface area contributed by atoms with E-state index in [1.54, 1.807) is 0 Å². The number of halogens is 1. The number of hydrogen-bond acceptors (Lipinski definition) is 2. The number of rotatable bonds is 5. The number of aliphatic hydroxyl groups is 1. The highest BCUT2D eigenvalue weighted by Gasteiger charge is 2.31. The van der Waals surface area contributed by atoms with Crippen LogP contribution in [0, 0.1) is 17.8 Å². The lowest BCUT2D eigenvalue weighted by Gasteiger charge is -2.37. The molecule has 0 radical (unpaired) electrons. The molecule has 2 nitrogen and oxygen atoms in total. The normalized spacial score (nSPS) is 26.5. The number of nitrogens with zero attached hydrogens (tertiary/aromatic N) is 1. The van der Waals surface area contributed by atoms with Crippen molar-refractivity contribution in [1.29, 1.82) is 0 Å². The molecule has 1 saturated carbocycles. The van der Waals surface area contributed by atoms with Crippen LogP contribution >= 0.6 is 11.6 Å². The zero-order valence-corrected chi connectivity index (χ0v) is 14.2. The summed E-state index contributed by atoms with van der Waals surface area (Å²) in [5.41, 5.74) is 1.27. The smallest absolute Gasteiger partial charge is 0.0580 e. The Hall–Kier alpha value is -0.570. The van der Waals surface area contributed by atoms with Crippen molar-refractivity contribution < 1.29 is 5.11 Å². The molecule has 1 aromatic carbocycles. The Morgan fingerprint density at radius 2 is 1.90 bits per heavy atom. The maximum Gasteiger partial charge on any atom is 0.0580 e. The third-order valence-electron chi connectivity index (χ3n) is 4.84. The van der Waals surface area contributed by atoms with E-state index in [9.17, 15) is 5.11 Å². The lowest BCUT2D eigenvalue weighted by molar-refractivity contribution is 0.0214. The van der Waals surface area contributed by atoms with Crippen molar-refractivity contribution in [3.63, 3.8) is 0 Å². The van der Waals surface area contributed by atoms with Gasteiger partial charge in [-0.15, -0.1) is 0 Å². The van der Waals surface area contributed by atoms with Crippen LogP contribution in [0.1, 0.15) is 38.7 Å². The number of hydrogen-bond donors (Lipinski definition) is 1. The van der Waals surface area contributed by atoms with Gasteiger partial charge in [0.1, 0.15) is 0 Å². The molecule has 3 heteroatoms. The second-order valence-electron chi connectivity index (χ2n) is 6.97. The summed E-state index contributed by atoms with van der Waals surface area (Å²) in [7, 11) is 2.14. The fraction of sp³-hybridized carbons (Fsp3) is 0.667. The molecule has 0 amide bonds. The number of aliphatic hydroxyl groups excluding tert-OH is 1. The average Bonchev–Trinajstić information content (AvgIpc) is 2.43. The van der Waals surface area contributed by atoms with E-state index in [0.29, 0.717) is 5.92 Å². The third-order valence-corrected chi connectivity index (χ3v) is 5.09. The summed E-state index contributed by atoms with van der Waals surface area (Å²) >= 11 is 5.92. The lowest BCUT2D eigenvalue weighted by atomic mass is 9.74. The summed E-state index contributed by atoms with van der Waals surface area (Å²) < 4.78 is 0. The van der Waals surface area contributed by atoms with E-state index in [1.807, 2.05) is 12.1 Å². The molecular weight excluding hydrogens is 282 g/mol. The molecule has 1 aliphatic carbocycles. The van der Waals surface area contributed by atoms with Crippen LogP contribution in [0.15, 0.2) is 24.3 Å². The monoisotopic (exact) mass is 309 g/mol. The van der Waals surface area contributed by atoms with Gasteiger partial charge < -0.3 is 10.0 Å².